The highest BCUT2D eigenvalue weighted by atomic mass is 35.5. The molecule has 0 spiro atoms. The molecule has 7 nitrogen and oxygen atoms in total. The predicted molar refractivity (Wildman–Crippen MR) is 122 cm³/mol. The second kappa shape index (κ2) is 11.3. The van der Waals surface area contributed by atoms with Crippen LogP contribution in [0.25, 0.3) is 0 Å². The molecule has 0 saturated heterocycles. The number of hydrogen-bond acceptors (Lipinski definition) is 8. The molecule has 1 N–H and O–H groups in total. The fourth-order valence-corrected chi connectivity index (χ4v) is 3.37. The van der Waals surface area contributed by atoms with Crippen molar-refractivity contribution < 1.29 is 19.0 Å². The van der Waals surface area contributed by atoms with Gasteiger partial charge >= 0.3 is 5.97 Å². The van der Waals surface area contributed by atoms with Crippen molar-refractivity contribution in [3.8, 4) is 11.5 Å². The molecule has 0 amide bonds. The Balaban J connectivity index is 1.56. The van der Waals surface area contributed by atoms with Gasteiger partial charge in [0.05, 0.1) is 32.0 Å². The van der Waals surface area contributed by atoms with Gasteiger partial charge in [0.1, 0.15) is 6.61 Å². The normalized spacial score (nSPS) is 10.8. The van der Waals surface area contributed by atoms with Crippen molar-refractivity contribution in [2.24, 2.45) is 5.10 Å². The number of carbonyl (C=O) groups is 1. The first-order valence-electron chi connectivity index (χ1n) is 9.51. The SMILES string of the molecule is CCOC(=O)Cc1csc(NN=Cc2ccc(OCc3ccc(Cl)cc3)c(OC)c2)n1. The zero-order valence-corrected chi connectivity index (χ0v) is 18.7. The van der Waals surface area contributed by atoms with Gasteiger partial charge < -0.3 is 14.2 Å². The third-order valence-electron chi connectivity index (χ3n) is 4.05. The first-order valence-corrected chi connectivity index (χ1v) is 10.8. The summed E-state index contributed by atoms with van der Waals surface area (Å²) in [5.74, 6) is 0.934. The summed E-state index contributed by atoms with van der Waals surface area (Å²) in [5.41, 5.74) is 5.34. The molecule has 31 heavy (non-hydrogen) atoms. The zero-order valence-electron chi connectivity index (χ0n) is 17.1. The average molecular weight is 460 g/mol. The molecule has 0 atom stereocenters. The molecule has 1 aromatic heterocycles. The minimum atomic E-state index is -0.298. The van der Waals surface area contributed by atoms with Crippen molar-refractivity contribution in [2.75, 3.05) is 19.1 Å². The smallest absolute Gasteiger partial charge is 0.311 e. The van der Waals surface area contributed by atoms with Gasteiger partial charge in [-0.3, -0.25) is 10.2 Å². The molecule has 0 unspecified atom stereocenters. The van der Waals surface area contributed by atoms with Crippen molar-refractivity contribution >= 4 is 40.3 Å². The molecule has 3 rings (SSSR count). The lowest BCUT2D eigenvalue weighted by Gasteiger charge is -2.11. The summed E-state index contributed by atoms with van der Waals surface area (Å²) >= 11 is 7.27. The second-order valence-corrected chi connectivity index (χ2v) is 7.62. The Kier molecular flexibility index (Phi) is 8.26. The molecule has 0 fully saturated rings. The highest BCUT2D eigenvalue weighted by Crippen LogP contribution is 2.28. The molecule has 9 heteroatoms. The molecule has 0 aliphatic heterocycles. The molecule has 1 heterocycles. The minimum absolute atomic E-state index is 0.143. The summed E-state index contributed by atoms with van der Waals surface area (Å²) in [5, 5.41) is 7.27. The van der Waals surface area contributed by atoms with Crippen LogP contribution < -0.4 is 14.9 Å². The van der Waals surface area contributed by atoms with Crippen molar-refractivity contribution in [3.05, 3.63) is 69.7 Å². The van der Waals surface area contributed by atoms with E-state index in [-0.39, 0.29) is 12.4 Å². The van der Waals surface area contributed by atoms with Crippen molar-refractivity contribution in [2.45, 2.75) is 20.0 Å². The highest BCUT2D eigenvalue weighted by molar-refractivity contribution is 7.13. The van der Waals surface area contributed by atoms with Gasteiger partial charge in [0.15, 0.2) is 11.5 Å². The van der Waals surface area contributed by atoms with Gasteiger partial charge in [-0.2, -0.15) is 5.10 Å². The quantitative estimate of drug-likeness (QED) is 0.263. The van der Waals surface area contributed by atoms with Crippen LogP contribution in [0.3, 0.4) is 0 Å². The maximum Gasteiger partial charge on any atom is 0.311 e. The first kappa shape index (κ1) is 22.6. The van der Waals surface area contributed by atoms with E-state index in [9.17, 15) is 4.79 Å². The van der Waals surface area contributed by atoms with E-state index in [2.05, 4.69) is 15.5 Å². The van der Waals surface area contributed by atoms with Gasteiger partial charge in [0.2, 0.25) is 5.13 Å². The lowest BCUT2D eigenvalue weighted by atomic mass is 10.2. The van der Waals surface area contributed by atoms with Crippen molar-refractivity contribution in [1.82, 2.24) is 4.98 Å². The van der Waals surface area contributed by atoms with E-state index in [1.165, 1.54) is 11.3 Å². The third kappa shape index (κ3) is 6.97. The number of anilines is 1. The number of rotatable bonds is 10. The van der Waals surface area contributed by atoms with Crippen LogP contribution >= 0.6 is 22.9 Å². The number of thiazole rings is 1. The number of ether oxygens (including phenoxy) is 3. The van der Waals surface area contributed by atoms with Gasteiger partial charge in [0.25, 0.3) is 0 Å². The van der Waals surface area contributed by atoms with Crippen LogP contribution in [0.1, 0.15) is 23.7 Å². The Morgan fingerprint density at radius 2 is 2.03 bits per heavy atom. The van der Waals surface area contributed by atoms with Crippen LogP contribution in [-0.2, 0) is 22.6 Å². The van der Waals surface area contributed by atoms with Gasteiger partial charge in [0, 0.05) is 10.4 Å². The van der Waals surface area contributed by atoms with E-state index in [0.717, 1.165) is 11.1 Å². The standard InChI is InChI=1S/C22H22ClN3O4S/c1-3-29-21(27)11-18-14-31-22(25-18)26-24-12-16-6-9-19(20(10-16)28-2)30-13-15-4-7-17(23)8-5-15/h4-10,12,14H,3,11,13H2,1-2H3,(H,25,26). The lowest BCUT2D eigenvalue weighted by Crippen LogP contribution is -2.07. The van der Waals surface area contributed by atoms with E-state index in [0.29, 0.717) is 40.6 Å². The maximum absolute atomic E-state index is 11.5. The van der Waals surface area contributed by atoms with E-state index >= 15 is 0 Å². The first-order chi connectivity index (χ1) is 15.1. The minimum Gasteiger partial charge on any atom is -0.493 e. The van der Waals surface area contributed by atoms with E-state index in [1.807, 2.05) is 42.5 Å². The number of nitrogens with one attached hydrogen (secondary N) is 1. The fraction of sp³-hybridized carbons (Fsp3) is 0.227. The maximum atomic E-state index is 11.5. The van der Waals surface area contributed by atoms with Crippen LogP contribution in [-0.4, -0.2) is 30.9 Å². The summed E-state index contributed by atoms with van der Waals surface area (Å²) in [4.78, 5) is 15.8. The number of aromatic nitrogens is 1. The van der Waals surface area contributed by atoms with Gasteiger partial charge in [-0.25, -0.2) is 4.98 Å². The Morgan fingerprint density at radius 1 is 1.23 bits per heavy atom. The number of hydrogen-bond donors (Lipinski definition) is 1. The molecule has 0 bridgehead atoms. The van der Waals surface area contributed by atoms with Gasteiger partial charge in [-0.05, 0) is 48.4 Å². The predicted octanol–water partition coefficient (Wildman–Crippen LogP) is 4.94. The molecular weight excluding hydrogens is 438 g/mol. The fourth-order valence-electron chi connectivity index (χ4n) is 2.59. The Bertz CT molecular complexity index is 1040. The molecule has 2 aromatic carbocycles. The number of halogens is 1. The molecule has 0 aliphatic carbocycles. The molecule has 0 aliphatic rings. The number of benzene rings is 2. The molecule has 0 radical (unpaired) electrons. The summed E-state index contributed by atoms with van der Waals surface area (Å²) < 4.78 is 16.2. The number of hydrazone groups is 1. The number of carbonyl (C=O) groups excluding carboxylic acids is 1. The van der Waals surface area contributed by atoms with Gasteiger partial charge in [-0.1, -0.05) is 23.7 Å². The second-order valence-electron chi connectivity index (χ2n) is 6.32. The van der Waals surface area contributed by atoms with Crippen molar-refractivity contribution in [3.63, 3.8) is 0 Å². The molecule has 0 saturated carbocycles. The number of nitrogens with zero attached hydrogens (tertiary/aromatic N) is 2. The summed E-state index contributed by atoms with van der Waals surface area (Å²) in [6, 6.07) is 13.0. The lowest BCUT2D eigenvalue weighted by molar-refractivity contribution is -0.142. The summed E-state index contributed by atoms with van der Waals surface area (Å²) in [7, 11) is 1.59. The topological polar surface area (TPSA) is 82.0 Å². The number of esters is 1. The Hall–Kier alpha value is -3.10. The molecule has 3 aromatic rings. The third-order valence-corrected chi connectivity index (χ3v) is 5.10. The monoisotopic (exact) mass is 459 g/mol. The Morgan fingerprint density at radius 3 is 2.77 bits per heavy atom. The van der Waals surface area contributed by atoms with Crippen LogP contribution in [0.5, 0.6) is 11.5 Å². The van der Waals surface area contributed by atoms with Gasteiger partial charge in [-0.15, -0.1) is 11.3 Å². The zero-order chi connectivity index (χ0) is 22.1. The van der Waals surface area contributed by atoms with Crippen molar-refractivity contribution in [1.29, 1.82) is 0 Å². The number of methoxy groups -OCH3 is 1. The van der Waals surface area contributed by atoms with E-state index in [1.54, 1.807) is 25.6 Å². The Labute approximate surface area is 189 Å². The van der Waals surface area contributed by atoms with E-state index < -0.39 is 0 Å². The molecule has 162 valence electrons. The van der Waals surface area contributed by atoms with Crippen LogP contribution in [0.2, 0.25) is 5.02 Å². The average Bonchev–Trinajstić information content (AvgIpc) is 3.21. The highest BCUT2D eigenvalue weighted by Gasteiger charge is 2.08. The largest absolute Gasteiger partial charge is 0.493 e. The summed E-state index contributed by atoms with van der Waals surface area (Å²) in [6.45, 7) is 2.53. The molecular formula is C22H22ClN3O4S. The van der Waals surface area contributed by atoms with Crippen LogP contribution in [0, 0.1) is 0 Å². The van der Waals surface area contributed by atoms with E-state index in [4.69, 9.17) is 25.8 Å². The van der Waals surface area contributed by atoms with Crippen LogP contribution in [0.4, 0.5) is 5.13 Å². The van der Waals surface area contributed by atoms with Crippen LogP contribution in [0.15, 0.2) is 52.9 Å². The summed E-state index contributed by atoms with van der Waals surface area (Å²) in [6.07, 6.45) is 1.79.